The number of esters is 3. The van der Waals surface area contributed by atoms with Gasteiger partial charge in [0.2, 0.25) is 5.90 Å². The summed E-state index contributed by atoms with van der Waals surface area (Å²) in [4.78, 5) is 44.7. The molecule has 1 aromatic carbocycles. The summed E-state index contributed by atoms with van der Waals surface area (Å²) in [6.07, 6.45) is -8.78. The predicted molar refractivity (Wildman–Crippen MR) is 118 cm³/mol. The molecule has 0 bridgehead atoms. The summed E-state index contributed by atoms with van der Waals surface area (Å²) >= 11 is 0. The average Bonchev–Trinajstić information content (AvgIpc) is 3.58. The van der Waals surface area contributed by atoms with Crippen LogP contribution in [0, 0.1) is 11.3 Å². The number of hydrogen-bond donors (Lipinski definition) is 0. The molecule has 1 aromatic heterocycles. The Balaban J connectivity index is 1.94. The molecule has 3 atom stereocenters. The first-order chi connectivity index (χ1) is 18.2. The first-order valence-electron chi connectivity index (χ1n) is 11.3. The zero-order chi connectivity index (χ0) is 28.6. The number of ether oxygens (including phenoxy) is 3. The van der Waals surface area contributed by atoms with Gasteiger partial charge in [-0.2, -0.15) is 26.3 Å². The fourth-order valence-corrected chi connectivity index (χ4v) is 4.95. The molecule has 0 unspecified atom stereocenters. The average molecular weight is 559 g/mol. The highest BCUT2D eigenvalue weighted by atomic mass is 19.4. The maximum atomic E-state index is 13.5. The maximum Gasteiger partial charge on any atom is 0.422 e. The molecule has 8 nitrogen and oxygen atoms in total. The molecule has 39 heavy (non-hydrogen) atoms. The second-order valence-electron chi connectivity index (χ2n) is 8.85. The van der Waals surface area contributed by atoms with Crippen molar-refractivity contribution in [3.8, 4) is 0 Å². The van der Waals surface area contributed by atoms with E-state index >= 15 is 0 Å². The Morgan fingerprint density at radius 2 is 1.59 bits per heavy atom. The lowest BCUT2D eigenvalue weighted by atomic mass is 9.70. The molecular weight excluding hydrogens is 540 g/mol. The summed E-state index contributed by atoms with van der Waals surface area (Å²) < 4.78 is 97.3. The lowest BCUT2D eigenvalue weighted by Crippen LogP contribution is -2.51. The summed E-state index contributed by atoms with van der Waals surface area (Å²) in [5, 5.41) is 0. The van der Waals surface area contributed by atoms with Crippen LogP contribution in [0.4, 0.5) is 26.3 Å². The number of carbonyl (C=O) groups is 3. The molecule has 2 heterocycles. The number of furan rings is 1. The third-order valence-electron chi connectivity index (χ3n) is 6.44. The number of halogens is 6. The van der Waals surface area contributed by atoms with Crippen LogP contribution in [0.1, 0.15) is 23.7 Å². The van der Waals surface area contributed by atoms with E-state index in [1.54, 1.807) is 18.2 Å². The van der Waals surface area contributed by atoms with E-state index in [9.17, 15) is 40.7 Å². The summed E-state index contributed by atoms with van der Waals surface area (Å²) in [5.74, 6) is -8.74. The number of hydrogen-bond acceptors (Lipinski definition) is 8. The molecule has 2 aromatic rings. The Morgan fingerprint density at radius 1 is 1.00 bits per heavy atom. The van der Waals surface area contributed by atoms with Crippen molar-refractivity contribution in [2.24, 2.45) is 16.3 Å². The molecule has 1 aliphatic carbocycles. The van der Waals surface area contributed by atoms with Crippen LogP contribution in [-0.2, 0) is 28.6 Å². The van der Waals surface area contributed by atoms with E-state index in [1.165, 1.54) is 24.3 Å². The van der Waals surface area contributed by atoms with E-state index in [4.69, 9.17) is 9.15 Å². The van der Waals surface area contributed by atoms with Gasteiger partial charge in [0.1, 0.15) is 5.76 Å². The molecular formula is C25H19F6NO7. The van der Waals surface area contributed by atoms with Crippen molar-refractivity contribution >= 4 is 23.8 Å². The number of cyclic esters (lactones) is 1. The van der Waals surface area contributed by atoms with E-state index in [1.807, 2.05) is 0 Å². The van der Waals surface area contributed by atoms with Crippen molar-refractivity contribution in [3.05, 3.63) is 72.7 Å². The predicted octanol–water partition coefficient (Wildman–Crippen LogP) is 4.51. The van der Waals surface area contributed by atoms with Crippen molar-refractivity contribution in [2.75, 3.05) is 13.2 Å². The van der Waals surface area contributed by atoms with Crippen LogP contribution in [0.2, 0.25) is 0 Å². The van der Waals surface area contributed by atoms with Crippen molar-refractivity contribution in [3.63, 3.8) is 0 Å². The van der Waals surface area contributed by atoms with Gasteiger partial charge < -0.3 is 18.6 Å². The number of carbonyl (C=O) groups excluding carboxylic acids is 3. The molecule has 2 aliphatic rings. The van der Waals surface area contributed by atoms with Crippen molar-refractivity contribution in [1.82, 2.24) is 0 Å². The van der Waals surface area contributed by atoms with E-state index in [0.29, 0.717) is 5.56 Å². The number of benzene rings is 1. The molecule has 4 rings (SSSR count). The molecule has 0 saturated heterocycles. The van der Waals surface area contributed by atoms with Gasteiger partial charge in [-0.25, -0.2) is 9.79 Å². The minimum absolute atomic E-state index is 0.257. The van der Waals surface area contributed by atoms with Crippen LogP contribution >= 0.6 is 0 Å². The Morgan fingerprint density at radius 3 is 2.08 bits per heavy atom. The fraction of sp³-hybridized carbons (Fsp3) is 0.360. The first kappa shape index (κ1) is 27.9. The van der Waals surface area contributed by atoms with Crippen molar-refractivity contribution in [1.29, 1.82) is 0 Å². The lowest BCUT2D eigenvalue weighted by Gasteiger charge is -2.34. The van der Waals surface area contributed by atoms with Crippen molar-refractivity contribution < 1.29 is 59.4 Å². The molecule has 1 spiro atoms. The summed E-state index contributed by atoms with van der Waals surface area (Å²) in [7, 11) is 0. The van der Waals surface area contributed by atoms with Crippen LogP contribution in [0.3, 0.4) is 0 Å². The molecule has 0 N–H and O–H groups in total. The quantitative estimate of drug-likeness (QED) is 0.162. The number of alkyl halides is 6. The normalized spacial score (nSPS) is 24.3. The summed E-state index contributed by atoms with van der Waals surface area (Å²) in [6.45, 7) is -0.741. The van der Waals surface area contributed by atoms with Gasteiger partial charge in [-0.05, 0) is 30.7 Å². The van der Waals surface area contributed by atoms with Gasteiger partial charge in [-0.1, -0.05) is 24.3 Å². The second-order valence-corrected chi connectivity index (χ2v) is 8.85. The summed E-state index contributed by atoms with van der Waals surface area (Å²) in [5.41, 5.74) is -4.92. The zero-order valence-electron chi connectivity index (χ0n) is 19.8. The highest BCUT2D eigenvalue weighted by molar-refractivity contribution is 6.11. The van der Waals surface area contributed by atoms with Gasteiger partial charge in [0.05, 0.1) is 12.2 Å². The molecule has 14 heteroatoms. The topological polar surface area (TPSA) is 104 Å². The molecule has 1 aliphatic heterocycles. The van der Waals surface area contributed by atoms with Crippen LogP contribution < -0.4 is 0 Å². The Bertz CT molecular complexity index is 1260. The van der Waals surface area contributed by atoms with Gasteiger partial charge in [-0.3, -0.25) is 9.59 Å². The Hall–Kier alpha value is -4.10. The van der Waals surface area contributed by atoms with Crippen LogP contribution in [0.25, 0.3) is 0 Å². The second kappa shape index (κ2) is 9.89. The van der Waals surface area contributed by atoms with E-state index in [0.717, 1.165) is 12.3 Å². The molecule has 0 amide bonds. The number of aliphatic imine (C=N–C) groups is 1. The highest BCUT2D eigenvalue weighted by Gasteiger charge is 2.76. The standard InChI is InChI=1S/C25H19F6NO7/c1-2-15-11-22(19(33)37-12-23(26,27)28,20(34)38-13-24(29,30)31)17(16-9-6-10-36-16)25(15)21(35)39-18(32-25)14-7-4-3-5-8-14/h2-10,15,17H,1,11-13H2/t15-,17-,25+/m1/s1. The Kier molecular flexibility index (Phi) is 7.08. The van der Waals surface area contributed by atoms with Gasteiger partial charge in [0.15, 0.2) is 24.2 Å². The first-order valence-corrected chi connectivity index (χ1v) is 11.3. The summed E-state index contributed by atoms with van der Waals surface area (Å²) in [6, 6.07) is 10.3. The molecule has 1 saturated carbocycles. The van der Waals surface area contributed by atoms with E-state index in [-0.39, 0.29) is 11.7 Å². The van der Waals surface area contributed by atoms with Crippen LogP contribution in [0.15, 0.2) is 70.8 Å². The van der Waals surface area contributed by atoms with Gasteiger partial charge in [0, 0.05) is 11.5 Å². The third-order valence-corrected chi connectivity index (χ3v) is 6.44. The number of nitrogens with zero attached hydrogens (tertiary/aromatic N) is 1. The third kappa shape index (κ3) is 5.02. The lowest BCUT2D eigenvalue weighted by molar-refractivity contribution is -0.207. The van der Waals surface area contributed by atoms with Gasteiger partial charge >= 0.3 is 30.3 Å². The minimum atomic E-state index is -5.05. The highest BCUT2D eigenvalue weighted by Crippen LogP contribution is 2.63. The maximum absolute atomic E-state index is 13.5. The van der Waals surface area contributed by atoms with Crippen LogP contribution in [0.5, 0.6) is 0 Å². The van der Waals surface area contributed by atoms with E-state index in [2.05, 4.69) is 21.0 Å². The van der Waals surface area contributed by atoms with Gasteiger partial charge in [-0.15, -0.1) is 6.58 Å². The largest absolute Gasteiger partial charge is 0.469 e. The van der Waals surface area contributed by atoms with Gasteiger partial charge in [0.25, 0.3) is 0 Å². The van der Waals surface area contributed by atoms with E-state index < -0.39 is 72.7 Å². The SMILES string of the molecule is C=C[C@@H]1CC(C(=O)OCC(F)(F)F)(C(=O)OCC(F)(F)F)[C@@H](c2ccco2)[C@@]12N=C(c1ccccc1)OC2=O. The fourth-order valence-electron chi connectivity index (χ4n) is 4.95. The molecule has 208 valence electrons. The molecule has 1 fully saturated rings. The zero-order valence-corrected chi connectivity index (χ0v) is 19.8. The van der Waals surface area contributed by atoms with Crippen molar-refractivity contribution in [2.45, 2.75) is 30.2 Å². The minimum Gasteiger partial charge on any atom is -0.469 e. The monoisotopic (exact) mass is 559 g/mol. The number of rotatable bonds is 7. The smallest absolute Gasteiger partial charge is 0.422 e. The Labute approximate surface area is 216 Å². The molecule has 0 radical (unpaired) electrons. The van der Waals surface area contributed by atoms with Crippen LogP contribution in [-0.4, -0.2) is 54.9 Å².